The van der Waals surface area contributed by atoms with Crippen molar-refractivity contribution in [1.29, 1.82) is 0 Å². The predicted octanol–water partition coefficient (Wildman–Crippen LogP) is 3.18. The summed E-state index contributed by atoms with van der Waals surface area (Å²) < 4.78 is 27.9. The van der Waals surface area contributed by atoms with Gasteiger partial charge in [0.05, 0.1) is 10.8 Å². The van der Waals surface area contributed by atoms with Crippen LogP contribution in [0.25, 0.3) is 10.9 Å². The monoisotopic (exact) mass is 555 g/mol. The molecule has 1 saturated heterocycles. The lowest BCUT2D eigenvalue weighted by Gasteiger charge is -2.29. The molecular formula is C28H31FN3O6P. The molecule has 2 aromatic carbocycles. The summed E-state index contributed by atoms with van der Waals surface area (Å²) in [5, 5.41) is 3.08. The molecular weight excluding hydrogens is 524 g/mol. The van der Waals surface area contributed by atoms with Crippen molar-refractivity contribution in [2.45, 2.75) is 64.7 Å². The largest absolute Gasteiger partial charge is 0.356 e. The molecule has 2 fully saturated rings. The average molecular weight is 556 g/mol. The molecule has 1 aliphatic carbocycles. The molecule has 3 aromatic rings. The Bertz CT molecular complexity index is 1530. The molecule has 1 aliphatic heterocycles. The Morgan fingerprint density at radius 2 is 1.92 bits per heavy atom. The van der Waals surface area contributed by atoms with E-state index in [0.717, 1.165) is 19.3 Å². The smallest absolute Gasteiger partial charge is 0.350 e. The second-order valence-corrected chi connectivity index (χ2v) is 12.2. The second-order valence-electron chi connectivity index (χ2n) is 10.5. The number of nitrogens with one attached hydrogen (secondary N) is 1. The van der Waals surface area contributed by atoms with Gasteiger partial charge in [-0.3, -0.25) is 18.9 Å². The van der Waals surface area contributed by atoms with Crippen LogP contribution >= 0.6 is 7.60 Å². The zero-order chi connectivity index (χ0) is 28.1. The van der Waals surface area contributed by atoms with E-state index < -0.39 is 13.6 Å². The third kappa shape index (κ3) is 5.16. The lowest BCUT2D eigenvalue weighted by molar-refractivity contribution is -0.141. The van der Waals surface area contributed by atoms with E-state index >= 15 is 0 Å². The lowest BCUT2D eigenvalue weighted by atomic mass is 10.0. The SMILES string of the molecule is CC(=O)c1cn(CC(=O)N2[C@@H]3CCC[C@@H]3C[C@H]2C(=O)NCc2cccc(C)c2F)c2cc(P(=O)(O)O)ccc12. The molecule has 11 heteroatoms. The summed E-state index contributed by atoms with van der Waals surface area (Å²) in [5.41, 5.74) is 1.55. The van der Waals surface area contributed by atoms with Crippen LogP contribution in [0.5, 0.6) is 0 Å². The van der Waals surface area contributed by atoms with Gasteiger partial charge in [-0.05, 0) is 56.7 Å². The van der Waals surface area contributed by atoms with E-state index in [1.54, 1.807) is 30.0 Å². The van der Waals surface area contributed by atoms with Gasteiger partial charge in [-0.1, -0.05) is 30.7 Å². The van der Waals surface area contributed by atoms with E-state index in [0.29, 0.717) is 34.0 Å². The Balaban J connectivity index is 1.42. The molecule has 3 N–H and O–H groups in total. The van der Waals surface area contributed by atoms with Crippen LogP contribution in [0, 0.1) is 18.7 Å². The molecule has 5 rings (SSSR count). The van der Waals surface area contributed by atoms with E-state index in [9.17, 15) is 33.1 Å². The number of amides is 2. The number of halogens is 1. The van der Waals surface area contributed by atoms with Crippen LogP contribution in [0.2, 0.25) is 0 Å². The van der Waals surface area contributed by atoms with Crippen molar-refractivity contribution in [3.63, 3.8) is 0 Å². The first kappa shape index (κ1) is 27.2. The van der Waals surface area contributed by atoms with E-state index in [1.807, 2.05) is 0 Å². The first-order valence-corrected chi connectivity index (χ1v) is 14.6. The van der Waals surface area contributed by atoms with Crippen molar-refractivity contribution >= 4 is 41.4 Å². The van der Waals surface area contributed by atoms with Gasteiger partial charge >= 0.3 is 7.60 Å². The maximum atomic E-state index is 14.5. The van der Waals surface area contributed by atoms with Crippen LogP contribution in [-0.2, 0) is 27.2 Å². The van der Waals surface area contributed by atoms with Crippen molar-refractivity contribution in [3.05, 3.63) is 65.1 Å². The molecule has 206 valence electrons. The second kappa shape index (κ2) is 10.3. The summed E-state index contributed by atoms with van der Waals surface area (Å²) in [6, 6.07) is 8.26. The number of benzene rings is 2. The molecule has 2 aliphatic rings. The third-order valence-corrected chi connectivity index (χ3v) is 8.99. The van der Waals surface area contributed by atoms with Crippen molar-refractivity contribution in [1.82, 2.24) is 14.8 Å². The predicted molar refractivity (Wildman–Crippen MR) is 143 cm³/mol. The van der Waals surface area contributed by atoms with Gasteiger partial charge in [0.15, 0.2) is 5.78 Å². The number of Topliss-reactive ketones (excluding diaryl/α,β-unsaturated/α-hetero) is 1. The van der Waals surface area contributed by atoms with Crippen LogP contribution < -0.4 is 10.6 Å². The zero-order valence-electron chi connectivity index (χ0n) is 21.8. The highest BCUT2D eigenvalue weighted by Crippen LogP contribution is 2.42. The van der Waals surface area contributed by atoms with Gasteiger partial charge in [0.2, 0.25) is 11.8 Å². The minimum absolute atomic E-state index is 0.00950. The fraction of sp³-hybridized carbons (Fsp3) is 0.393. The van der Waals surface area contributed by atoms with E-state index in [2.05, 4.69) is 5.32 Å². The molecule has 2 amide bonds. The van der Waals surface area contributed by atoms with Crippen LogP contribution in [-0.4, -0.2) is 48.9 Å². The molecule has 39 heavy (non-hydrogen) atoms. The van der Waals surface area contributed by atoms with Gasteiger partial charge in [-0.2, -0.15) is 0 Å². The van der Waals surface area contributed by atoms with Gasteiger partial charge in [-0.25, -0.2) is 4.39 Å². The Morgan fingerprint density at radius 1 is 1.15 bits per heavy atom. The van der Waals surface area contributed by atoms with Crippen molar-refractivity contribution in [3.8, 4) is 0 Å². The Labute approximate surface area is 225 Å². The highest BCUT2D eigenvalue weighted by atomic mass is 31.2. The van der Waals surface area contributed by atoms with Crippen molar-refractivity contribution < 1.29 is 33.1 Å². The van der Waals surface area contributed by atoms with Crippen molar-refractivity contribution in [2.24, 2.45) is 5.92 Å². The van der Waals surface area contributed by atoms with E-state index in [-0.39, 0.29) is 53.8 Å². The zero-order valence-corrected chi connectivity index (χ0v) is 22.7. The number of ketones is 1. The standard InChI is InChI=1S/C28H31FN3O6P/c1-16-5-3-7-19(27(16)29)13-30-28(35)25-11-18-6-4-8-23(18)32(25)26(34)15-31-14-22(17(2)33)21-10-9-20(12-24(21)31)39(36,37)38/h3,5,7,9-10,12,14,18,23,25H,4,6,8,11,13,15H2,1-2H3,(H,30,35)(H2,36,37,38)/t18-,23-,25+/m1/s1. The lowest BCUT2D eigenvalue weighted by Crippen LogP contribution is -2.49. The summed E-state index contributed by atoms with van der Waals surface area (Å²) in [5.74, 6) is -1.09. The first-order valence-electron chi connectivity index (χ1n) is 13.0. The summed E-state index contributed by atoms with van der Waals surface area (Å²) in [6.45, 7) is 2.85. The maximum absolute atomic E-state index is 14.5. The number of aromatic nitrogens is 1. The molecule has 0 unspecified atom stereocenters. The fourth-order valence-electron chi connectivity index (χ4n) is 6.13. The van der Waals surface area contributed by atoms with Gasteiger partial charge in [-0.15, -0.1) is 0 Å². The summed E-state index contributed by atoms with van der Waals surface area (Å²) >= 11 is 0. The van der Waals surface area contributed by atoms with Gasteiger partial charge in [0.1, 0.15) is 18.4 Å². The van der Waals surface area contributed by atoms with E-state index in [1.165, 1.54) is 35.9 Å². The number of aryl methyl sites for hydroxylation is 1. The summed E-state index contributed by atoms with van der Waals surface area (Å²) in [7, 11) is -4.56. The number of likely N-dealkylation sites (tertiary alicyclic amines) is 1. The molecule has 3 atom stereocenters. The molecule has 0 radical (unpaired) electrons. The number of carbonyl (C=O) groups is 3. The van der Waals surface area contributed by atoms with Crippen LogP contribution in [0.15, 0.2) is 42.6 Å². The highest BCUT2D eigenvalue weighted by Gasteiger charge is 2.48. The minimum Gasteiger partial charge on any atom is -0.350 e. The molecule has 1 saturated carbocycles. The van der Waals surface area contributed by atoms with Gasteiger partial charge in [0, 0.05) is 35.3 Å². The topological polar surface area (TPSA) is 129 Å². The third-order valence-electron chi connectivity index (χ3n) is 8.04. The Hall–Kier alpha value is -3.33. The quantitative estimate of drug-likeness (QED) is 0.304. The summed E-state index contributed by atoms with van der Waals surface area (Å²) in [6.07, 6.45) is 4.68. The first-order chi connectivity index (χ1) is 18.5. The number of hydrogen-bond donors (Lipinski definition) is 3. The number of hydrogen-bond acceptors (Lipinski definition) is 4. The van der Waals surface area contributed by atoms with Gasteiger partial charge < -0.3 is 24.6 Å². The van der Waals surface area contributed by atoms with Gasteiger partial charge in [0.25, 0.3) is 0 Å². The summed E-state index contributed by atoms with van der Waals surface area (Å²) in [4.78, 5) is 60.3. The average Bonchev–Trinajstić information content (AvgIpc) is 3.57. The number of carbonyl (C=O) groups excluding carboxylic acids is 3. The van der Waals surface area contributed by atoms with Crippen LogP contribution in [0.1, 0.15) is 54.1 Å². The molecule has 0 bridgehead atoms. The highest BCUT2D eigenvalue weighted by molar-refractivity contribution is 7.60. The number of fused-ring (bicyclic) bond motifs is 2. The number of rotatable bonds is 7. The number of nitrogens with zero attached hydrogens (tertiary/aromatic N) is 2. The van der Waals surface area contributed by atoms with Crippen LogP contribution in [0.3, 0.4) is 0 Å². The van der Waals surface area contributed by atoms with Crippen LogP contribution in [0.4, 0.5) is 4.39 Å². The van der Waals surface area contributed by atoms with Crippen molar-refractivity contribution in [2.75, 3.05) is 0 Å². The molecule has 9 nitrogen and oxygen atoms in total. The Kier molecular flexibility index (Phi) is 7.22. The normalized spacial score (nSPS) is 20.8. The molecule has 0 spiro atoms. The Morgan fingerprint density at radius 3 is 2.64 bits per heavy atom. The molecule has 2 heterocycles. The maximum Gasteiger partial charge on any atom is 0.356 e. The minimum atomic E-state index is -4.56. The fourth-order valence-corrected chi connectivity index (χ4v) is 6.69. The molecule has 1 aromatic heterocycles. The van der Waals surface area contributed by atoms with E-state index in [4.69, 9.17) is 0 Å².